The minimum Gasteiger partial charge on any atom is -0.352 e. The van der Waals surface area contributed by atoms with E-state index in [1.807, 2.05) is 0 Å². The largest absolute Gasteiger partial charge is 0.352 e. The third-order valence-electron chi connectivity index (χ3n) is 3.58. The zero-order valence-corrected chi connectivity index (χ0v) is 14.6. The number of carbonyl (C=O) groups excluding carboxylic acids is 1. The number of hydrogen-bond donors (Lipinski definition) is 2. The molecule has 5 nitrogen and oxygen atoms in total. The zero-order chi connectivity index (χ0) is 15.8. The standard InChI is InChI=1S/C13H16BrClN2O3S/c1-7(8-2-3-8)6-17-13(18)9-4-12(21(16,19)20)10(14)5-11(9)15/h4-5,7-8H,2-3,6H2,1H3,(H,17,18)(H2,16,19,20). The van der Waals surface area contributed by atoms with Crippen molar-refractivity contribution in [1.29, 1.82) is 0 Å². The average Bonchev–Trinajstić information content (AvgIpc) is 3.18. The lowest BCUT2D eigenvalue weighted by atomic mass is 10.1. The maximum Gasteiger partial charge on any atom is 0.252 e. The maximum absolute atomic E-state index is 12.2. The summed E-state index contributed by atoms with van der Waals surface area (Å²) in [7, 11) is -3.93. The van der Waals surface area contributed by atoms with Gasteiger partial charge in [-0.05, 0) is 52.7 Å². The van der Waals surface area contributed by atoms with E-state index in [0.29, 0.717) is 18.4 Å². The highest BCUT2D eigenvalue weighted by molar-refractivity contribution is 9.10. The lowest BCUT2D eigenvalue weighted by molar-refractivity contribution is 0.0946. The number of benzene rings is 1. The van der Waals surface area contributed by atoms with E-state index in [1.54, 1.807) is 0 Å². The van der Waals surface area contributed by atoms with Crippen molar-refractivity contribution >= 4 is 43.5 Å². The van der Waals surface area contributed by atoms with E-state index in [0.717, 1.165) is 0 Å². The van der Waals surface area contributed by atoms with E-state index in [2.05, 4.69) is 28.2 Å². The van der Waals surface area contributed by atoms with Crippen LogP contribution in [0.25, 0.3) is 0 Å². The Hall–Kier alpha value is -0.630. The summed E-state index contributed by atoms with van der Waals surface area (Å²) in [5.74, 6) is 0.677. The summed E-state index contributed by atoms with van der Waals surface area (Å²) in [5.41, 5.74) is 0.104. The van der Waals surface area contributed by atoms with Crippen LogP contribution in [0.5, 0.6) is 0 Å². The number of nitrogens with two attached hydrogens (primary N) is 1. The van der Waals surface area contributed by atoms with Gasteiger partial charge in [0.05, 0.1) is 15.5 Å². The number of amides is 1. The Bertz CT molecular complexity index is 674. The fraction of sp³-hybridized carbons (Fsp3) is 0.462. The Balaban J connectivity index is 2.19. The SMILES string of the molecule is CC(CNC(=O)c1cc(S(N)(=O)=O)c(Br)cc1Cl)C1CC1. The molecule has 1 aliphatic rings. The molecule has 0 saturated heterocycles. The molecular formula is C13H16BrClN2O3S. The molecule has 1 amide bonds. The van der Waals surface area contributed by atoms with Gasteiger partial charge in [-0.1, -0.05) is 18.5 Å². The number of carbonyl (C=O) groups is 1. The highest BCUT2D eigenvalue weighted by Gasteiger charge is 2.28. The van der Waals surface area contributed by atoms with Gasteiger partial charge in [-0.15, -0.1) is 0 Å². The van der Waals surface area contributed by atoms with Crippen molar-refractivity contribution in [2.24, 2.45) is 17.0 Å². The summed E-state index contributed by atoms with van der Waals surface area (Å²) in [6.07, 6.45) is 2.40. The summed E-state index contributed by atoms with van der Waals surface area (Å²) in [6, 6.07) is 2.55. The second-order valence-corrected chi connectivity index (χ2v) is 8.12. The average molecular weight is 396 g/mol. The number of primary sulfonamides is 1. The molecule has 1 aromatic rings. The van der Waals surface area contributed by atoms with E-state index in [1.165, 1.54) is 25.0 Å². The molecule has 21 heavy (non-hydrogen) atoms. The monoisotopic (exact) mass is 394 g/mol. The second-order valence-electron chi connectivity index (χ2n) is 5.33. The van der Waals surface area contributed by atoms with Gasteiger partial charge in [0, 0.05) is 11.0 Å². The van der Waals surface area contributed by atoms with Gasteiger partial charge in [-0.2, -0.15) is 0 Å². The van der Waals surface area contributed by atoms with Crippen molar-refractivity contribution < 1.29 is 13.2 Å². The lowest BCUT2D eigenvalue weighted by Gasteiger charge is -2.13. The van der Waals surface area contributed by atoms with Crippen LogP contribution in [0.4, 0.5) is 0 Å². The topological polar surface area (TPSA) is 89.3 Å². The van der Waals surface area contributed by atoms with Crippen LogP contribution in [0.1, 0.15) is 30.1 Å². The van der Waals surface area contributed by atoms with Gasteiger partial charge < -0.3 is 5.32 Å². The van der Waals surface area contributed by atoms with Crippen LogP contribution >= 0.6 is 27.5 Å². The molecule has 3 N–H and O–H groups in total. The first-order valence-electron chi connectivity index (χ1n) is 6.50. The number of sulfonamides is 1. The van der Waals surface area contributed by atoms with E-state index in [4.69, 9.17) is 16.7 Å². The van der Waals surface area contributed by atoms with Crippen LogP contribution in [0.15, 0.2) is 21.5 Å². The van der Waals surface area contributed by atoms with Gasteiger partial charge in [0.25, 0.3) is 5.91 Å². The van der Waals surface area contributed by atoms with Crippen LogP contribution in [0, 0.1) is 11.8 Å². The first-order valence-corrected chi connectivity index (χ1v) is 9.22. The summed E-state index contributed by atoms with van der Waals surface area (Å²) in [6.45, 7) is 2.62. The zero-order valence-electron chi connectivity index (χ0n) is 11.4. The number of hydrogen-bond acceptors (Lipinski definition) is 3. The fourth-order valence-electron chi connectivity index (χ4n) is 2.10. The lowest BCUT2D eigenvalue weighted by Crippen LogP contribution is -2.29. The number of rotatable bonds is 5. The second kappa shape index (κ2) is 6.24. The van der Waals surface area contributed by atoms with Crippen LogP contribution < -0.4 is 10.5 Å². The normalized spacial score (nSPS) is 16.6. The third kappa shape index (κ3) is 4.18. The maximum atomic E-state index is 12.2. The van der Waals surface area contributed by atoms with Crippen molar-refractivity contribution in [2.45, 2.75) is 24.7 Å². The summed E-state index contributed by atoms with van der Waals surface area (Å²) >= 11 is 9.09. The Morgan fingerprint density at radius 1 is 1.52 bits per heavy atom. The summed E-state index contributed by atoms with van der Waals surface area (Å²) in [4.78, 5) is 12.0. The Kier molecular flexibility index (Phi) is 4.97. The van der Waals surface area contributed by atoms with E-state index < -0.39 is 15.9 Å². The third-order valence-corrected chi connectivity index (χ3v) is 5.77. The molecule has 0 bridgehead atoms. The molecule has 116 valence electrons. The van der Waals surface area contributed by atoms with E-state index in [-0.39, 0.29) is 20.0 Å². The Morgan fingerprint density at radius 3 is 2.67 bits per heavy atom. The molecule has 1 fully saturated rings. The predicted octanol–water partition coefficient (Wildman–Crippen LogP) is 2.53. The minimum absolute atomic E-state index is 0.104. The molecule has 1 saturated carbocycles. The molecule has 1 aliphatic carbocycles. The molecular weight excluding hydrogens is 380 g/mol. The van der Waals surface area contributed by atoms with Crippen molar-refractivity contribution in [3.05, 3.63) is 27.2 Å². The first kappa shape index (κ1) is 16.7. The summed E-state index contributed by atoms with van der Waals surface area (Å²) in [5, 5.41) is 8.07. The molecule has 1 atom stereocenters. The van der Waals surface area contributed by atoms with Crippen molar-refractivity contribution in [1.82, 2.24) is 5.32 Å². The highest BCUT2D eigenvalue weighted by Crippen LogP contribution is 2.36. The van der Waals surface area contributed by atoms with Crippen LogP contribution in [0.2, 0.25) is 5.02 Å². The molecule has 0 spiro atoms. The van der Waals surface area contributed by atoms with Crippen LogP contribution in [-0.4, -0.2) is 20.9 Å². The fourth-order valence-corrected chi connectivity index (χ4v) is 4.12. The molecule has 1 unspecified atom stereocenters. The minimum atomic E-state index is -3.93. The van der Waals surface area contributed by atoms with E-state index >= 15 is 0 Å². The number of nitrogens with one attached hydrogen (secondary N) is 1. The van der Waals surface area contributed by atoms with Gasteiger partial charge in [-0.3, -0.25) is 4.79 Å². The quantitative estimate of drug-likeness (QED) is 0.803. The van der Waals surface area contributed by atoms with Gasteiger partial charge in [0.2, 0.25) is 10.0 Å². The van der Waals surface area contributed by atoms with Crippen LogP contribution in [-0.2, 0) is 10.0 Å². The molecule has 0 aromatic heterocycles. The van der Waals surface area contributed by atoms with Crippen molar-refractivity contribution in [2.75, 3.05) is 6.54 Å². The molecule has 0 radical (unpaired) electrons. The van der Waals surface area contributed by atoms with Crippen molar-refractivity contribution in [3.63, 3.8) is 0 Å². The predicted molar refractivity (Wildman–Crippen MR) is 84.7 cm³/mol. The summed E-state index contributed by atoms with van der Waals surface area (Å²) < 4.78 is 23.2. The highest BCUT2D eigenvalue weighted by atomic mass is 79.9. The molecule has 0 aliphatic heterocycles. The van der Waals surface area contributed by atoms with Crippen LogP contribution in [0.3, 0.4) is 0 Å². The van der Waals surface area contributed by atoms with Gasteiger partial charge >= 0.3 is 0 Å². The number of halogens is 2. The first-order chi connectivity index (χ1) is 9.70. The Morgan fingerprint density at radius 2 is 2.14 bits per heavy atom. The van der Waals surface area contributed by atoms with Gasteiger partial charge in [0.15, 0.2) is 0 Å². The molecule has 0 heterocycles. The van der Waals surface area contributed by atoms with Gasteiger partial charge in [0.1, 0.15) is 0 Å². The van der Waals surface area contributed by atoms with Gasteiger partial charge in [-0.25, -0.2) is 13.6 Å². The van der Waals surface area contributed by atoms with E-state index in [9.17, 15) is 13.2 Å². The Labute approximate surface area is 137 Å². The smallest absolute Gasteiger partial charge is 0.252 e. The van der Waals surface area contributed by atoms with Crippen molar-refractivity contribution in [3.8, 4) is 0 Å². The molecule has 8 heteroatoms. The molecule has 2 rings (SSSR count). The molecule has 1 aromatic carbocycles.